The quantitative estimate of drug-likeness (QED) is 0.522. The van der Waals surface area contributed by atoms with Gasteiger partial charge in [-0.3, -0.25) is 4.79 Å². The van der Waals surface area contributed by atoms with Crippen molar-refractivity contribution in [1.29, 1.82) is 0 Å². The summed E-state index contributed by atoms with van der Waals surface area (Å²) in [6.45, 7) is 3.45. The maximum atomic E-state index is 11.2. The first-order valence-corrected chi connectivity index (χ1v) is 3.71. The zero-order valence-corrected chi connectivity index (χ0v) is 6.54. The van der Waals surface area contributed by atoms with Crippen LogP contribution in [0.4, 0.5) is 0 Å². The van der Waals surface area contributed by atoms with E-state index in [1.165, 1.54) is 0 Å². The molecule has 11 heavy (non-hydrogen) atoms. The maximum absolute atomic E-state index is 11.2. The van der Waals surface area contributed by atoms with Crippen LogP contribution in [0.3, 0.4) is 0 Å². The van der Waals surface area contributed by atoms with Gasteiger partial charge in [-0.1, -0.05) is 0 Å². The Balaban J connectivity index is 2.51. The lowest BCUT2D eigenvalue weighted by atomic mass is 10.2. The molecule has 0 bridgehead atoms. The van der Waals surface area contributed by atoms with Gasteiger partial charge in [0.25, 0.3) is 0 Å². The zero-order chi connectivity index (χ0) is 8.27. The number of nitrogens with one attached hydrogen (secondary N) is 1. The van der Waals surface area contributed by atoms with Crippen molar-refractivity contribution in [3.05, 3.63) is 0 Å². The molecule has 0 spiro atoms. The summed E-state index contributed by atoms with van der Waals surface area (Å²) in [6.07, 6.45) is 0.760. The van der Waals surface area contributed by atoms with E-state index in [1.807, 2.05) is 0 Å². The van der Waals surface area contributed by atoms with Gasteiger partial charge in [0.15, 0.2) is 0 Å². The van der Waals surface area contributed by atoms with Crippen molar-refractivity contribution >= 4 is 12.2 Å². The Kier molecular flexibility index (Phi) is 2.59. The molecule has 1 fully saturated rings. The highest BCUT2D eigenvalue weighted by molar-refractivity contribution is 5.83. The average Bonchev–Trinajstić information content (AvgIpc) is 1.99. The largest absolute Gasteiger partial charge is 0.333 e. The Morgan fingerprint density at radius 2 is 2.55 bits per heavy atom. The fourth-order valence-electron chi connectivity index (χ4n) is 1.16. The highest BCUT2D eigenvalue weighted by Gasteiger charge is 2.23. The van der Waals surface area contributed by atoms with Crippen molar-refractivity contribution in [1.82, 2.24) is 10.2 Å². The summed E-state index contributed by atoms with van der Waals surface area (Å²) in [5.74, 6) is 0.0170. The van der Waals surface area contributed by atoms with Gasteiger partial charge in [0, 0.05) is 13.1 Å². The number of rotatable bonds is 2. The number of hydrogen-bond acceptors (Lipinski definition) is 3. The summed E-state index contributed by atoms with van der Waals surface area (Å²) in [5, 5.41) is 3.01. The van der Waals surface area contributed by atoms with E-state index in [0.717, 1.165) is 12.8 Å². The molecule has 0 aromatic rings. The molecule has 1 rings (SSSR count). The third-order valence-electron chi connectivity index (χ3n) is 1.81. The van der Waals surface area contributed by atoms with Crippen molar-refractivity contribution in [2.75, 3.05) is 19.6 Å². The van der Waals surface area contributed by atoms with Crippen molar-refractivity contribution in [2.45, 2.75) is 13.0 Å². The van der Waals surface area contributed by atoms with Crippen molar-refractivity contribution in [3.63, 3.8) is 0 Å². The van der Waals surface area contributed by atoms with Crippen molar-refractivity contribution in [3.8, 4) is 0 Å². The van der Waals surface area contributed by atoms with Gasteiger partial charge >= 0.3 is 0 Å². The van der Waals surface area contributed by atoms with Crippen LogP contribution < -0.4 is 5.32 Å². The first kappa shape index (κ1) is 8.20. The standard InChI is InChI=1S/C7H12N2O2/c1-6-7(11)9(4-5-10)3-2-8-6/h5-6,8H,2-4H2,1H3. The molecular formula is C7H12N2O2. The van der Waals surface area contributed by atoms with Crippen LogP contribution >= 0.6 is 0 Å². The first-order chi connectivity index (χ1) is 5.25. The van der Waals surface area contributed by atoms with Crippen LogP contribution in [0, 0.1) is 0 Å². The van der Waals surface area contributed by atoms with Gasteiger partial charge in [0.05, 0.1) is 12.6 Å². The SMILES string of the molecule is CC1NCCN(CC=O)C1=O. The van der Waals surface area contributed by atoms with Crippen LogP contribution in [-0.2, 0) is 9.59 Å². The Morgan fingerprint density at radius 1 is 1.82 bits per heavy atom. The van der Waals surface area contributed by atoms with E-state index < -0.39 is 0 Å². The minimum atomic E-state index is -0.135. The van der Waals surface area contributed by atoms with E-state index in [4.69, 9.17) is 0 Å². The molecule has 0 radical (unpaired) electrons. The topological polar surface area (TPSA) is 49.4 Å². The second kappa shape index (κ2) is 3.48. The van der Waals surface area contributed by atoms with Gasteiger partial charge < -0.3 is 15.0 Å². The third-order valence-corrected chi connectivity index (χ3v) is 1.81. The van der Waals surface area contributed by atoms with Gasteiger partial charge in [0.1, 0.15) is 6.29 Å². The fourth-order valence-corrected chi connectivity index (χ4v) is 1.16. The highest BCUT2D eigenvalue weighted by Crippen LogP contribution is 1.98. The monoisotopic (exact) mass is 156 g/mol. The smallest absolute Gasteiger partial charge is 0.239 e. The average molecular weight is 156 g/mol. The van der Waals surface area contributed by atoms with Crippen molar-refractivity contribution < 1.29 is 9.59 Å². The van der Waals surface area contributed by atoms with Crippen LogP contribution in [-0.4, -0.2) is 42.8 Å². The number of aldehydes is 1. The van der Waals surface area contributed by atoms with Crippen LogP contribution in [0.1, 0.15) is 6.92 Å². The molecule has 1 N–H and O–H groups in total. The molecule has 0 aliphatic carbocycles. The number of hydrogen-bond donors (Lipinski definition) is 1. The normalized spacial score (nSPS) is 25.4. The number of carbonyl (C=O) groups excluding carboxylic acids is 2. The molecule has 1 aliphatic rings. The van der Waals surface area contributed by atoms with Gasteiger partial charge in [-0.05, 0) is 6.92 Å². The van der Waals surface area contributed by atoms with Crippen LogP contribution in [0.25, 0.3) is 0 Å². The minimum absolute atomic E-state index is 0.0170. The third kappa shape index (κ3) is 1.77. The summed E-state index contributed by atoms with van der Waals surface area (Å²) in [4.78, 5) is 22.9. The minimum Gasteiger partial charge on any atom is -0.333 e. The van der Waals surface area contributed by atoms with E-state index in [1.54, 1.807) is 11.8 Å². The lowest BCUT2D eigenvalue weighted by Gasteiger charge is -2.29. The van der Waals surface area contributed by atoms with E-state index in [0.29, 0.717) is 6.54 Å². The summed E-state index contributed by atoms with van der Waals surface area (Å²) < 4.78 is 0. The van der Waals surface area contributed by atoms with E-state index in [-0.39, 0.29) is 18.5 Å². The van der Waals surface area contributed by atoms with Crippen molar-refractivity contribution in [2.24, 2.45) is 0 Å². The molecule has 0 aromatic carbocycles. The second-order valence-corrected chi connectivity index (χ2v) is 2.63. The molecule has 62 valence electrons. The predicted octanol–water partition coefficient (Wildman–Crippen LogP) is -0.994. The molecule has 1 aliphatic heterocycles. The maximum Gasteiger partial charge on any atom is 0.239 e. The molecule has 4 heteroatoms. The van der Waals surface area contributed by atoms with E-state index >= 15 is 0 Å². The van der Waals surface area contributed by atoms with Crippen LogP contribution in [0.15, 0.2) is 0 Å². The molecule has 0 aromatic heterocycles. The second-order valence-electron chi connectivity index (χ2n) is 2.63. The summed E-state index contributed by atoms with van der Waals surface area (Å²) in [5.41, 5.74) is 0. The molecular weight excluding hydrogens is 144 g/mol. The van der Waals surface area contributed by atoms with Crippen LogP contribution in [0.5, 0.6) is 0 Å². The number of carbonyl (C=O) groups is 2. The summed E-state index contributed by atoms with van der Waals surface area (Å²) >= 11 is 0. The fraction of sp³-hybridized carbons (Fsp3) is 0.714. The van der Waals surface area contributed by atoms with Gasteiger partial charge in [-0.25, -0.2) is 0 Å². The predicted molar refractivity (Wildman–Crippen MR) is 40.1 cm³/mol. The van der Waals surface area contributed by atoms with Crippen LogP contribution in [0.2, 0.25) is 0 Å². The molecule has 1 unspecified atom stereocenters. The summed E-state index contributed by atoms with van der Waals surface area (Å²) in [6, 6.07) is -0.135. The molecule has 1 atom stereocenters. The number of nitrogens with zero attached hydrogens (tertiary/aromatic N) is 1. The summed E-state index contributed by atoms with van der Waals surface area (Å²) in [7, 11) is 0. The van der Waals surface area contributed by atoms with Gasteiger partial charge in [0.2, 0.25) is 5.91 Å². The Bertz CT molecular complexity index is 170. The zero-order valence-electron chi connectivity index (χ0n) is 6.54. The van der Waals surface area contributed by atoms with E-state index in [9.17, 15) is 9.59 Å². The Labute approximate surface area is 65.6 Å². The molecule has 4 nitrogen and oxygen atoms in total. The lowest BCUT2D eigenvalue weighted by molar-refractivity contribution is -0.136. The molecule has 1 amide bonds. The Hall–Kier alpha value is -0.900. The number of amides is 1. The highest BCUT2D eigenvalue weighted by atomic mass is 16.2. The molecule has 1 heterocycles. The van der Waals surface area contributed by atoms with Gasteiger partial charge in [-0.15, -0.1) is 0 Å². The Morgan fingerprint density at radius 3 is 3.18 bits per heavy atom. The lowest BCUT2D eigenvalue weighted by Crippen LogP contribution is -2.54. The number of piperazine rings is 1. The van der Waals surface area contributed by atoms with E-state index in [2.05, 4.69) is 5.32 Å². The first-order valence-electron chi connectivity index (χ1n) is 3.71. The van der Waals surface area contributed by atoms with Gasteiger partial charge in [-0.2, -0.15) is 0 Å². The molecule has 1 saturated heterocycles. The molecule has 0 saturated carbocycles.